The molecule has 0 aromatic rings. The van der Waals surface area contributed by atoms with Crippen LogP contribution in [0.4, 0.5) is 0 Å². The zero-order valence-corrected chi connectivity index (χ0v) is 11.4. The van der Waals surface area contributed by atoms with Crippen LogP contribution < -0.4 is 0 Å². The second-order valence-corrected chi connectivity index (χ2v) is 4.98. The van der Waals surface area contributed by atoms with Crippen LogP contribution in [0.25, 0.3) is 0 Å². The number of hydrogen-bond acceptors (Lipinski definition) is 6. The standard InChI is InChI=1S/C13H26O6/c1-2-3-4-5-6-7-18-13-12(17)11(16)10(15)9(8-14)19-13/h9-17H,2-8H2,1H3/t9-,10-,11-,12-,13+/m1/s1. The van der Waals surface area contributed by atoms with E-state index in [1.54, 1.807) is 0 Å². The van der Waals surface area contributed by atoms with Crippen molar-refractivity contribution in [3.05, 3.63) is 0 Å². The van der Waals surface area contributed by atoms with Crippen LogP contribution in [-0.4, -0.2) is 64.3 Å². The smallest absolute Gasteiger partial charge is 0.186 e. The van der Waals surface area contributed by atoms with Crippen molar-refractivity contribution in [1.82, 2.24) is 0 Å². The van der Waals surface area contributed by atoms with Gasteiger partial charge in [0.25, 0.3) is 0 Å². The molecule has 4 N–H and O–H groups in total. The van der Waals surface area contributed by atoms with Gasteiger partial charge in [-0.1, -0.05) is 32.6 Å². The molecule has 114 valence electrons. The van der Waals surface area contributed by atoms with Crippen molar-refractivity contribution in [2.24, 2.45) is 0 Å². The van der Waals surface area contributed by atoms with E-state index < -0.39 is 37.3 Å². The fourth-order valence-electron chi connectivity index (χ4n) is 2.11. The molecule has 0 spiro atoms. The first-order valence-corrected chi connectivity index (χ1v) is 7.04. The number of aliphatic hydroxyl groups excluding tert-OH is 4. The topological polar surface area (TPSA) is 99.4 Å². The SMILES string of the molecule is CCCCCCCO[C@H]1O[C@H](CO)[C@@H](O)[C@@H](O)[C@H]1O. The van der Waals surface area contributed by atoms with E-state index in [4.69, 9.17) is 14.6 Å². The second-order valence-electron chi connectivity index (χ2n) is 4.98. The molecule has 5 atom stereocenters. The molecular formula is C13H26O6. The van der Waals surface area contributed by atoms with Crippen molar-refractivity contribution in [2.45, 2.75) is 69.7 Å². The Hall–Kier alpha value is -0.240. The van der Waals surface area contributed by atoms with E-state index in [2.05, 4.69) is 6.92 Å². The first kappa shape index (κ1) is 16.8. The van der Waals surface area contributed by atoms with E-state index in [0.717, 1.165) is 19.3 Å². The Balaban J connectivity index is 2.28. The minimum absolute atomic E-state index is 0.423. The highest BCUT2D eigenvalue weighted by molar-refractivity contribution is 4.88. The van der Waals surface area contributed by atoms with Crippen molar-refractivity contribution >= 4 is 0 Å². The zero-order chi connectivity index (χ0) is 14.3. The van der Waals surface area contributed by atoms with E-state index in [0.29, 0.717) is 6.61 Å². The second kappa shape index (κ2) is 8.84. The molecule has 0 saturated carbocycles. The Morgan fingerprint density at radius 1 is 0.947 bits per heavy atom. The summed E-state index contributed by atoms with van der Waals surface area (Å²) in [5, 5.41) is 37.9. The average Bonchev–Trinajstić information content (AvgIpc) is 2.42. The molecule has 1 saturated heterocycles. The minimum Gasteiger partial charge on any atom is -0.394 e. The molecule has 19 heavy (non-hydrogen) atoms. The van der Waals surface area contributed by atoms with Crippen LogP contribution in [0.15, 0.2) is 0 Å². The van der Waals surface area contributed by atoms with Gasteiger partial charge in [0, 0.05) is 6.61 Å². The normalized spacial score (nSPS) is 35.5. The molecule has 1 heterocycles. The molecule has 1 fully saturated rings. The maximum absolute atomic E-state index is 9.72. The average molecular weight is 278 g/mol. The van der Waals surface area contributed by atoms with E-state index in [1.165, 1.54) is 12.8 Å². The van der Waals surface area contributed by atoms with Crippen molar-refractivity contribution in [3.63, 3.8) is 0 Å². The molecule has 6 nitrogen and oxygen atoms in total. The van der Waals surface area contributed by atoms with Crippen LogP contribution in [0.3, 0.4) is 0 Å². The summed E-state index contributed by atoms with van der Waals surface area (Å²) in [4.78, 5) is 0. The Morgan fingerprint density at radius 2 is 1.63 bits per heavy atom. The lowest BCUT2D eigenvalue weighted by atomic mass is 9.99. The molecule has 0 radical (unpaired) electrons. The summed E-state index contributed by atoms with van der Waals surface area (Å²) in [5.41, 5.74) is 0. The highest BCUT2D eigenvalue weighted by atomic mass is 16.7. The maximum atomic E-state index is 9.72. The molecule has 1 aliphatic rings. The highest BCUT2D eigenvalue weighted by Gasteiger charge is 2.43. The molecule has 6 heteroatoms. The van der Waals surface area contributed by atoms with Crippen LogP contribution in [0, 0.1) is 0 Å². The quantitative estimate of drug-likeness (QED) is 0.458. The number of aliphatic hydroxyl groups is 4. The fourth-order valence-corrected chi connectivity index (χ4v) is 2.11. The number of unbranched alkanes of at least 4 members (excludes halogenated alkanes) is 4. The van der Waals surface area contributed by atoms with E-state index >= 15 is 0 Å². The number of rotatable bonds is 8. The van der Waals surface area contributed by atoms with E-state index in [1.807, 2.05) is 0 Å². The van der Waals surface area contributed by atoms with Crippen LogP contribution in [-0.2, 0) is 9.47 Å². The summed E-state index contributed by atoms with van der Waals surface area (Å²) < 4.78 is 10.6. The number of ether oxygens (including phenoxy) is 2. The Bertz CT molecular complexity index is 235. The molecule has 0 unspecified atom stereocenters. The third kappa shape index (κ3) is 4.98. The van der Waals surface area contributed by atoms with Gasteiger partial charge in [-0.25, -0.2) is 0 Å². The molecule has 0 aliphatic carbocycles. The molecule has 0 aromatic heterocycles. The lowest BCUT2D eigenvalue weighted by molar-refractivity contribution is -0.301. The van der Waals surface area contributed by atoms with Crippen LogP contribution >= 0.6 is 0 Å². The third-order valence-corrected chi connectivity index (χ3v) is 3.38. The van der Waals surface area contributed by atoms with Gasteiger partial charge in [0.2, 0.25) is 0 Å². The summed E-state index contributed by atoms with van der Waals surface area (Å²) >= 11 is 0. The first-order valence-electron chi connectivity index (χ1n) is 7.04. The largest absolute Gasteiger partial charge is 0.394 e. The molecule has 0 aromatic carbocycles. The monoisotopic (exact) mass is 278 g/mol. The predicted molar refractivity (Wildman–Crippen MR) is 68.5 cm³/mol. The Morgan fingerprint density at radius 3 is 2.26 bits per heavy atom. The maximum Gasteiger partial charge on any atom is 0.186 e. The van der Waals surface area contributed by atoms with Gasteiger partial charge in [-0.3, -0.25) is 0 Å². The molecule has 0 amide bonds. The zero-order valence-electron chi connectivity index (χ0n) is 11.4. The van der Waals surface area contributed by atoms with Gasteiger partial charge in [-0.15, -0.1) is 0 Å². The first-order chi connectivity index (χ1) is 9.11. The van der Waals surface area contributed by atoms with E-state index in [9.17, 15) is 15.3 Å². The van der Waals surface area contributed by atoms with Gasteiger partial charge in [-0.05, 0) is 6.42 Å². The lowest BCUT2D eigenvalue weighted by Gasteiger charge is -2.39. The van der Waals surface area contributed by atoms with Crippen molar-refractivity contribution in [3.8, 4) is 0 Å². The molecular weight excluding hydrogens is 252 g/mol. The van der Waals surface area contributed by atoms with Gasteiger partial charge >= 0.3 is 0 Å². The summed E-state index contributed by atoms with van der Waals surface area (Å²) in [7, 11) is 0. The van der Waals surface area contributed by atoms with Crippen LogP contribution in [0.2, 0.25) is 0 Å². The summed E-state index contributed by atoms with van der Waals surface area (Å²) in [6, 6.07) is 0. The summed E-state index contributed by atoms with van der Waals surface area (Å²) in [6.07, 6.45) is -0.471. The van der Waals surface area contributed by atoms with E-state index in [-0.39, 0.29) is 0 Å². The number of hydrogen-bond donors (Lipinski definition) is 4. The van der Waals surface area contributed by atoms with Crippen LogP contribution in [0.5, 0.6) is 0 Å². The van der Waals surface area contributed by atoms with Crippen molar-refractivity contribution < 1.29 is 29.9 Å². The third-order valence-electron chi connectivity index (χ3n) is 3.38. The van der Waals surface area contributed by atoms with Crippen molar-refractivity contribution in [1.29, 1.82) is 0 Å². The summed E-state index contributed by atoms with van der Waals surface area (Å²) in [5.74, 6) is 0. The Kier molecular flexibility index (Phi) is 7.82. The highest BCUT2D eigenvalue weighted by Crippen LogP contribution is 2.22. The molecule has 0 bridgehead atoms. The van der Waals surface area contributed by atoms with Gasteiger partial charge < -0.3 is 29.9 Å². The molecule has 1 aliphatic heterocycles. The van der Waals surface area contributed by atoms with Crippen LogP contribution in [0.1, 0.15) is 39.0 Å². The minimum atomic E-state index is -1.36. The van der Waals surface area contributed by atoms with Gasteiger partial charge in [0.15, 0.2) is 6.29 Å². The van der Waals surface area contributed by atoms with Crippen molar-refractivity contribution in [2.75, 3.05) is 13.2 Å². The predicted octanol–water partition coefficient (Wildman–Crippen LogP) is -0.227. The van der Waals surface area contributed by atoms with Gasteiger partial charge in [-0.2, -0.15) is 0 Å². The van der Waals surface area contributed by atoms with Gasteiger partial charge in [0.1, 0.15) is 24.4 Å². The molecule has 1 rings (SSSR count). The van der Waals surface area contributed by atoms with Gasteiger partial charge in [0.05, 0.1) is 6.61 Å². The Labute approximate surface area is 114 Å². The summed E-state index contributed by atoms with van der Waals surface area (Å²) in [6.45, 7) is 2.14. The fraction of sp³-hybridized carbons (Fsp3) is 1.00. The lowest BCUT2D eigenvalue weighted by Crippen LogP contribution is -2.59.